The molecular formula is C11H9ClN4O4. The molecule has 2 aromatic heterocycles. The summed E-state index contributed by atoms with van der Waals surface area (Å²) in [7, 11) is 0. The lowest BCUT2D eigenvalue weighted by atomic mass is 10.2. The molecule has 2 rings (SSSR count). The zero-order chi connectivity index (χ0) is 14.7. The molecule has 0 spiro atoms. The fraction of sp³-hybridized carbons (Fsp3) is 0.182. The van der Waals surface area contributed by atoms with Crippen molar-refractivity contribution in [3.63, 3.8) is 0 Å². The number of aryl methyl sites for hydroxylation is 1. The van der Waals surface area contributed by atoms with Crippen LogP contribution in [0.25, 0.3) is 0 Å². The van der Waals surface area contributed by atoms with E-state index < -0.39 is 10.8 Å². The summed E-state index contributed by atoms with van der Waals surface area (Å²) in [6, 6.07) is 2.73. The highest BCUT2D eigenvalue weighted by Crippen LogP contribution is 2.19. The monoisotopic (exact) mass is 296 g/mol. The van der Waals surface area contributed by atoms with Gasteiger partial charge in [0.05, 0.1) is 22.7 Å². The Morgan fingerprint density at radius 2 is 2.30 bits per heavy atom. The highest BCUT2D eigenvalue weighted by Gasteiger charge is 2.17. The second kappa shape index (κ2) is 5.66. The van der Waals surface area contributed by atoms with Gasteiger partial charge in [-0.3, -0.25) is 14.9 Å². The number of nitrogens with one attached hydrogen (secondary N) is 1. The van der Waals surface area contributed by atoms with Crippen LogP contribution < -0.4 is 5.32 Å². The summed E-state index contributed by atoms with van der Waals surface area (Å²) in [6.07, 6.45) is 0.985. The van der Waals surface area contributed by atoms with Crippen LogP contribution in [0.4, 0.5) is 5.69 Å². The zero-order valence-electron chi connectivity index (χ0n) is 10.3. The summed E-state index contributed by atoms with van der Waals surface area (Å²) in [6.45, 7) is 1.84. The summed E-state index contributed by atoms with van der Waals surface area (Å²) < 4.78 is 4.92. The maximum absolute atomic E-state index is 11.9. The number of aromatic nitrogens is 2. The first-order valence-corrected chi connectivity index (χ1v) is 5.85. The van der Waals surface area contributed by atoms with Crippen molar-refractivity contribution in [3.05, 3.63) is 50.6 Å². The second-order valence-electron chi connectivity index (χ2n) is 3.91. The standard InChI is InChI=1S/C11H9ClN4O4/c1-6-2-8(20-15-6)5-14-11(17)9-3-7(16(18)19)4-13-10(9)12/h2-4H,5H2,1H3,(H,14,17). The van der Waals surface area contributed by atoms with Crippen LogP contribution in [0.5, 0.6) is 0 Å². The van der Waals surface area contributed by atoms with Gasteiger partial charge in [0, 0.05) is 12.1 Å². The Morgan fingerprint density at radius 1 is 1.55 bits per heavy atom. The van der Waals surface area contributed by atoms with Crippen LogP contribution in [-0.4, -0.2) is 21.0 Å². The van der Waals surface area contributed by atoms with Gasteiger partial charge in [-0.1, -0.05) is 16.8 Å². The van der Waals surface area contributed by atoms with Gasteiger partial charge in [-0.05, 0) is 6.92 Å². The van der Waals surface area contributed by atoms with Gasteiger partial charge in [0.15, 0.2) is 5.76 Å². The third-order valence-electron chi connectivity index (χ3n) is 2.38. The molecule has 104 valence electrons. The first kappa shape index (κ1) is 13.9. The van der Waals surface area contributed by atoms with E-state index in [9.17, 15) is 14.9 Å². The molecule has 0 radical (unpaired) electrons. The molecule has 20 heavy (non-hydrogen) atoms. The fourth-order valence-electron chi connectivity index (χ4n) is 1.46. The van der Waals surface area contributed by atoms with Gasteiger partial charge in [-0.2, -0.15) is 0 Å². The largest absolute Gasteiger partial charge is 0.359 e. The smallest absolute Gasteiger partial charge is 0.288 e. The molecule has 0 aliphatic carbocycles. The average molecular weight is 297 g/mol. The first-order valence-electron chi connectivity index (χ1n) is 5.47. The number of carbonyl (C=O) groups is 1. The highest BCUT2D eigenvalue weighted by atomic mass is 35.5. The lowest BCUT2D eigenvalue weighted by Gasteiger charge is -2.04. The summed E-state index contributed by atoms with van der Waals surface area (Å²) >= 11 is 5.75. The summed E-state index contributed by atoms with van der Waals surface area (Å²) in [5, 5.41) is 16.7. The van der Waals surface area contributed by atoms with Crippen molar-refractivity contribution < 1.29 is 14.2 Å². The van der Waals surface area contributed by atoms with Crippen molar-refractivity contribution in [2.24, 2.45) is 0 Å². The first-order chi connectivity index (χ1) is 9.47. The number of hydrogen-bond donors (Lipinski definition) is 1. The van der Waals surface area contributed by atoms with Gasteiger partial charge in [0.2, 0.25) is 0 Å². The van der Waals surface area contributed by atoms with Crippen LogP contribution in [0.1, 0.15) is 21.8 Å². The molecule has 0 aliphatic rings. The second-order valence-corrected chi connectivity index (χ2v) is 4.26. The normalized spacial score (nSPS) is 10.3. The van der Waals surface area contributed by atoms with Gasteiger partial charge in [0.1, 0.15) is 11.3 Å². The lowest BCUT2D eigenvalue weighted by Crippen LogP contribution is -2.23. The molecule has 2 heterocycles. The summed E-state index contributed by atoms with van der Waals surface area (Å²) in [5.74, 6) is -0.120. The fourth-order valence-corrected chi connectivity index (χ4v) is 1.65. The number of carbonyl (C=O) groups excluding carboxylic acids is 1. The van der Waals surface area contributed by atoms with Crippen molar-refractivity contribution in [2.75, 3.05) is 0 Å². The van der Waals surface area contributed by atoms with Crippen molar-refractivity contribution in [2.45, 2.75) is 13.5 Å². The predicted octanol–water partition coefficient (Wildman–Crippen LogP) is 1.87. The summed E-state index contributed by atoms with van der Waals surface area (Å²) in [4.78, 5) is 25.5. The highest BCUT2D eigenvalue weighted by molar-refractivity contribution is 6.32. The molecule has 0 aromatic carbocycles. The Morgan fingerprint density at radius 3 is 2.90 bits per heavy atom. The lowest BCUT2D eigenvalue weighted by molar-refractivity contribution is -0.385. The van der Waals surface area contributed by atoms with Crippen LogP contribution in [0, 0.1) is 17.0 Å². The molecule has 8 nitrogen and oxygen atoms in total. The van der Waals surface area contributed by atoms with E-state index in [2.05, 4.69) is 15.5 Å². The van der Waals surface area contributed by atoms with E-state index in [4.69, 9.17) is 16.1 Å². The van der Waals surface area contributed by atoms with Crippen molar-refractivity contribution in [1.29, 1.82) is 0 Å². The number of nitro groups is 1. The van der Waals surface area contributed by atoms with Gasteiger partial charge >= 0.3 is 0 Å². The molecule has 0 atom stereocenters. The number of pyridine rings is 1. The Labute approximate surface area is 117 Å². The average Bonchev–Trinajstić information content (AvgIpc) is 2.82. The van der Waals surface area contributed by atoms with Crippen molar-refractivity contribution in [3.8, 4) is 0 Å². The van der Waals surface area contributed by atoms with E-state index in [0.717, 1.165) is 12.3 Å². The number of nitrogens with zero attached hydrogens (tertiary/aromatic N) is 3. The number of halogens is 1. The van der Waals surface area contributed by atoms with E-state index in [1.165, 1.54) is 0 Å². The Hall–Kier alpha value is -2.48. The molecule has 0 saturated heterocycles. The molecule has 0 saturated carbocycles. The summed E-state index contributed by atoms with van der Waals surface area (Å²) in [5.41, 5.74) is 0.302. The van der Waals surface area contributed by atoms with E-state index >= 15 is 0 Å². The van der Waals surface area contributed by atoms with Crippen molar-refractivity contribution in [1.82, 2.24) is 15.5 Å². The molecule has 0 bridgehead atoms. The van der Waals surface area contributed by atoms with Crippen LogP contribution in [0.15, 0.2) is 22.9 Å². The Kier molecular flexibility index (Phi) is 3.94. The minimum Gasteiger partial charge on any atom is -0.359 e. The number of rotatable bonds is 4. The molecule has 9 heteroatoms. The van der Waals surface area contributed by atoms with Gasteiger partial charge in [-0.25, -0.2) is 4.98 Å². The number of hydrogen-bond acceptors (Lipinski definition) is 6. The van der Waals surface area contributed by atoms with Crippen molar-refractivity contribution >= 4 is 23.2 Å². The molecule has 1 amide bonds. The molecule has 2 aromatic rings. The van der Waals surface area contributed by atoms with Crippen LogP contribution in [0.3, 0.4) is 0 Å². The van der Waals surface area contributed by atoms with Gasteiger partial charge < -0.3 is 9.84 Å². The molecule has 0 fully saturated rings. The van der Waals surface area contributed by atoms with Gasteiger partial charge in [-0.15, -0.1) is 0 Å². The van der Waals surface area contributed by atoms with Crippen LogP contribution in [0.2, 0.25) is 5.15 Å². The third-order valence-corrected chi connectivity index (χ3v) is 2.68. The van der Waals surface area contributed by atoms with E-state index in [1.807, 2.05) is 0 Å². The topological polar surface area (TPSA) is 111 Å². The molecule has 1 N–H and O–H groups in total. The van der Waals surface area contributed by atoms with E-state index in [1.54, 1.807) is 13.0 Å². The zero-order valence-corrected chi connectivity index (χ0v) is 11.0. The SMILES string of the molecule is Cc1cc(CNC(=O)c2cc([N+](=O)[O-])cnc2Cl)on1. The predicted molar refractivity (Wildman–Crippen MR) is 68.3 cm³/mol. The number of amides is 1. The Bertz CT molecular complexity index is 670. The molecular weight excluding hydrogens is 288 g/mol. The maximum atomic E-state index is 11.9. The van der Waals surface area contributed by atoms with E-state index in [0.29, 0.717) is 11.5 Å². The van der Waals surface area contributed by atoms with Gasteiger partial charge in [0.25, 0.3) is 11.6 Å². The minimum absolute atomic E-state index is 0.0721. The van der Waals surface area contributed by atoms with Crippen LogP contribution >= 0.6 is 11.6 Å². The minimum atomic E-state index is -0.653. The Balaban J connectivity index is 2.12. The maximum Gasteiger partial charge on any atom is 0.288 e. The van der Waals surface area contributed by atoms with E-state index in [-0.39, 0.29) is 22.9 Å². The van der Waals surface area contributed by atoms with Crippen LogP contribution in [-0.2, 0) is 6.54 Å². The quantitative estimate of drug-likeness (QED) is 0.523. The third kappa shape index (κ3) is 3.09. The molecule has 0 unspecified atom stereocenters. The molecule has 0 aliphatic heterocycles.